The summed E-state index contributed by atoms with van der Waals surface area (Å²) in [6, 6.07) is -0.271. The number of carboxylic acids is 1. The molecule has 0 saturated heterocycles. The number of rotatable bonds is 3. The second kappa shape index (κ2) is 6.24. The molecule has 2 saturated carbocycles. The van der Waals surface area contributed by atoms with Crippen LogP contribution in [0.5, 0.6) is 0 Å². The summed E-state index contributed by atoms with van der Waals surface area (Å²) in [4.78, 5) is 23.6. The Labute approximate surface area is 126 Å². The van der Waals surface area contributed by atoms with Crippen LogP contribution in [0, 0.1) is 17.3 Å². The molecule has 0 heterocycles. The quantitative estimate of drug-likeness (QED) is 0.749. The van der Waals surface area contributed by atoms with Crippen molar-refractivity contribution in [1.82, 2.24) is 10.6 Å². The molecule has 21 heavy (non-hydrogen) atoms. The molecule has 5 nitrogen and oxygen atoms in total. The summed E-state index contributed by atoms with van der Waals surface area (Å²) in [5.74, 6) is 0.394. The fourth-order valence-corrected chi connectivity index (χ4v) is 3.90. The van der Waals surface area contributed by atoms with Gasteiger partial charge in [-0.05, 0) is 50.9 Å². The number of hydrogen-bond acceptors (Lipinski definition) is 2. The van der Waals surface area contributed by atoms with Gasteiger partial charge in [0, 0.05) is 12.1 Å². The first-order chi connectivity index (χ1) is 9.83. The molecule has 0 aromatic rings. The van der Waals surface area contributed by atoms with Crippen LogP contribution in [-0.2, 0) is 4.79 Å². The lowest BCUT2D eigenvalue weighted by atomic mass is 9.80. The van der Waals surface area contributed by atoms with Crippen LogP contribution in [0.1, 0.15) is 59.3 Å². The summed E-state index contributed by atoms with van der Waals surface area (Å²) in [6.07, 6.45) is 5.52. The van der Waals surface area contributed by atoms with Crippen LogP contribution in [0.15, 0.2) is 0 Å². The Bertz CT molecular complexity index is 412. The summed E-state index contributed by atoms with van der Waals surface area (Å²) in [5.41, 5.74) is -0.829. The molecule has 0 bridgehead atoms. The van der Waals surface area contributed by atoms with Gasteiger partial charge in [0.2, 0.25) is 0 Å². The molecule has 0 radical (unpaired) electrons. The topological polar surface area (TPSA) is 78.4 Å². The second-order valence-corrected chi connectivity index (χ2v) is 7.29. The number of carbonyl (C=O) groups excluding carboxylic acids is 1. The number of aliphatic carboxylic acids is 1. The number of carboxylic acid groups (broad SMARTS) is 1. The second-order valence-electron chi connectivity index (χ2n) is 7.29. The van der Waals surface area contributed by atoms with Crippen molar-refractivity contribution in [2.75, 3.05) is 0 Å². The van der Waals surface area contributed by atoms with Crippen LogP contribution in [0.25, 0.3) is 0 Å². The van der Waals surface area contributed by atoms with Crippen molar-refractivity contribution in [3.05, 3.63) is 0 Å². The highest BCUT2D eigenvalue weighted by molar-refractivity contribution is 5.79. The van der Waals surface area contributed by atoms with Crippen LogP contribution in [-0.4, -0.2) is 29.2 Å². The van der Waals surface area contributed by atoms with Crippen LogP contribution in [0.4, 0.5) is 4.79 Å². The van der Waals surface area contributed by atoms with Gasteiger partial charge in [-0.15, -0.1) is 0 Å². The number of urea groups is 1. The van der Waals surface area contributed by atoms with Crippen LogP contribution < -0.4 is 10.6 Å². The highest BCUT2D eigenvalue weighted by atomic mass is 16.4. The molecular weight excluding hydrogens is 268 g/mol. The van der Waals surface area contributed by atoms with Crippen molar-refractivity contribution in [3.8, 4) is 0 Å². The molecular formula is C16H28N2O3. The smallest absolute Gasteiger partial charge is 0.315 e. The molecule has 2 amide bonds. The minimum Gasteiger partial charge on any atom is -0.481 e. The van der Waals surface area contributed by atoms with Gasteiger partial charge in [0.15, 0.2) is 0 Å². The molecule has 2 aliphatic carbocycles. The number of amides is 2. The van der Waals surface area contributed by atoms with E-state index in [1.54, 1.807) is 6.92 Å². The van der Waals surface area contributed by atoms with Gasteiger partial charge in [0.1, 0.15) is 0 Å². The molecule has 120 valence electrons. The Morgan fingerprint density at radius 1 is 1.14 bits per heavy atom. The van der Waals surface area contributed by atoms with Gasteiger partial charge in [0.05, 0.1) is 5.41 Å². The molecule has 0 aromatic carbocycles. The molecule has 5 atom stereocenters. The summed E-state index contributed by atoms with van der Waals surface area (Å²) in [7, 11) is 0. The number of hydrogen-bond donors (Lipinski definition) is 3. The SMILES string of the molecule is CC1CCC(NC(=O)NC2CCCC2(C)C(=O)O)C(C)C1. The number of carbonyl (C=O) groups is 2. The third-order valence-electron chi connectivity index (χ3n) is 5.50. The van der Waals surface area contributed by atoms with Crippen molar-refractivity contribution >= 4 is 12.0 Å². The normalized spacial score (nSPS) is 39.8. The van der Waals surface area contributed by atoms with E-state index >= 15 is 0 Å². The lowest BCUT2D eigenvalue weighted by molar-refractivity contribution is -0.148. The molecule has 3 N–H and O–H groups in total. The predicted octanol–water partition coefficient (Wildman–Crippen LogP) is 2.75. The average molecular weight is 296 g/mol. The molecule has 5 unspecified atom stereocenters. The fourth-order valence-electron chi connectivity index (χ4n) is 3.90. The zero-order valence-electron chi connectivity index (χ0n) is 13.3. The van der Waals surface area contributed by atoms with E-state index in [4.69, 9.17) is 0 Å². The van der Waals surface area contributed by atoms with Crippen LogP contribution in [0.2, 0.25) is 0 Å². The zero-order valence-corrected chi connectivity index (χ0v) is 13.3. The predicted molar refractivity (Wildman–Crippen MR) is 81.0 cm³/mol. The third kappa shape index (κ3) is 3.50. The Morgan fingerprint density at radius 2 is 1.86 bits per heavy atom. The van der Waals surface area contributed by atoms with Crippen LogP contribution in [0.3, 0.4) is 0 Å². The van der Waals surface area contributed by atoms with E-state index in [1.807, 2.05) is 0 Å². The molecule has 2 fully saturated rings. The first-order valence-corrected chi connectivity index (χ1v) is 8.13. The van der Waals surface area contributed by atoms with Crippen molar-refractivity contribution < 1.29 is 14.7 Å². The zero-order chi connectivity index (χ0) is 15.6. The first kappa shape index (κ1) is 16.1. The van der Waals surface area contributed by atoms with Gasteiger partial charge in [-0.1, -0.05) is 20.3 Å². The monoisotopic (exact) mass is 296 g/mol. The highest BCUT2D eigenvalue weighted by Gasteiger charge is 2.46. The van der Waals surface area contributed by atoms with E-state index in [-0.39, 0.29) is 18.1 Å². The average Bonchev–Trinajstić information content (AvgIpc) is 2.76. The fraction of sp³-hybridized carbons (Fsp3) is 0.875. The summed E-state index contributed by atoms with van der Waals surface area (Å²) in [6.45, 7) is 6.17. The van der Waals surface area contributed by atoms with E-state index in [0.29, 0.717) is 12.3 Å². The highest BCUT2D eigenvalue weighted by Crippen LogP contribution is 2.38. The third-order valence-corrected chi connectivity index (χ3v) is 5.50. The largest absolute Gasteiger partial charge is 0.481 e. The minimum absolute atomic E-state index is 0.207. The molecule has 2 aliphatic rings. The lowest BCUT2D eigenvalue weighted by Gasteiger charge is -2.34. The Balaban J connectivity index is 1.88. The van der Waals surface area contributed by atoms with E-state index in [2.05, 4.69) is 24.5 Å². The van der Waals surface area contributed by atoms with Crippen LogP contribution >= 0.6 is 0 Å². The van der Waals surface area contributed by atoms with Crippen molar-refractivity contribution in [3.63, 3.8) is 0 Å². The maximum Gasteiger partial charge on any atom is 0.315 e. The van der Waals surface area contributed by atoms with E-state index < -0.39 is 11.4 Å². The van der Waals surface area contributed by atoms with Gasteiger partial charge in [0.25, 0.3) is 0 Å². The van der Waals surface area contributed by atoms with Crippen molar-refractivity contribution in [2.24, 2.45) is 17.3 Å². The van der Waals surface area contributed by atoms with E-state index in [0.717, 1.165) is 38.0 Å². The Kier molecular flexibility index (Phi) is 4.79. The summed E-state index contributed by atoms with van der Waals surface area (Å²) >= 11 is 0. The van der Waals surface area contributed by atoms with E-state index in [9.17, 15) is 14.7 Å². The maximum absolute atomic E-state index is 12.2. The molecule has 2 rings (SSSR count). The maximum atomic E-state index is 12.2. The van der Waals surface area contributed by atoms with E-state index in [1.165, 1.54) is 0 Å². The number of nitrogens with one attached hydrogen (secondary N) is 2. The van der Waals surface area contributed by atoms with Gasteiger partial charge >= 0.3 is 12.0 Å². The summed E-state index contributed by atoms with van der Waals surface area (Å²) < 4.78 is 0. The van der Waals surface area contributed by atoms with Gasteiger partial charge in [-0.3, -0.25) is 4.79 Å². The Morgan fingerprint density at radius 3 is 2.48 bits per heavy atom. The Hall–Kier alpha value is -1.26. The molecule has 0 aromatic heterocycles. The minimum atomic E-state index is -0.829. The van der Waals surface area contributed by atoms with Gasteiger partial charge in [-0.25, -0.2) is 4.79 Å². The standard InChI is InChI=1S/C16H28N2O3/c1-10-6-7-12(11(2)9-10)17-15(21)18-13-5-4-8-16(13,3)14(19)20/h10-13H,4-9H2,1-3H3,(H,19,20)(H2,17,18,21). The van der Waals surface area contributed by atoms with Crippen molar-refractivity contribution in [1.29, 1.82) is 0 Å². The molecule has 0 aliphatic heterocycles. The van der Waals surface area contributed by atoms with Gasteiger partial charge < -0.3 is 15.7 Å². The van der Waals surface area contributed by atoms with Crippen molar-refractivity contribution in [2.45, 2.75) is 71.4 Å². The first-order valence-electron chi connectivity index (χ1n) is 8.13. The summed E-state index contributed by atoms with van der Waals surface area (Å²) in [5, 5.41) is 15.3. The lowest BCUT2D eigenvalue weighted by Crippen LogP contribution is -2.53. The molecule has 5 heteroatoms. The van der Waals surface area contributed by atoms with Gasteiger partial charge in [-0.2, -0.15) is 0 Å². The molecule has 0 spiro atoms.